The van der Waals surface area contributed by atoms with Crippen molar-refractivity contribution in [3.8, 4) is 0 Å². The normalized spacial score (nSPS) is 10.8. The van der Waals surface area contributed by atoms with Crippen molar-refractivity contribution < 1.29 is 9.90 Å². The summed E-state index contributed by atoms with van der Waals surface area (Å²) in [6.45, 7) is 6.52. The Morgan fingerprint density at radius 2 is 1.00 bits per heavy atom. The molecule has 0 aromatic rings. The maximum Gasteiger partial charge on any atom is 0.246 e. The Balaban J connectivity index is 3.05. The largest absolute Gasteiger partial charge is 0.396 e. The van der Waals surface area contributed by atoms with E-state index < -0.39 is 0 Å². The van der Waals surface area contributed by atoms with E-state index in [-0.39, 0.29) is 5.91 Å². The molecule has 0 aliphatic carbocycles. The summed E-state index contributed by atoms with van der Waals surface area (Å²) < 4.78 is 0. The Labute approximate surface area is 156 Å². The van der Waals surface area contributed by atoms with Gasteiger partial charge in [0, 0.05) is 18.7 Å². The number of nitrogens with one attached hydrogen (secondary N) is 1. The molecule has 1 amide bonds. The second-order valence-electron chi connectivity index (χ2n) is 7.42. The molecule has 0 rings (SSSR count). The first-order chi connectivity index (χ1) is 12.2. The van der Waals surface area contributed by atoms with Crippen molar-refractivity contribution in [1.82, 2.24) is 5.32 Å². The van der Waals surface area contributed by atoms with Gasteiger partial charge in [0.25, 0.3) is 0 Å². The minimum absolute atomic E-state index is 0.0123. The van der Waals surface area contributed by atoms with Crippen LogP contribution in [-0.2, 0) is 4.79 Å². The quantitative estimate of drug-likeness (QED) is 0.224. The number of amides is 1. The van der Waals surface area contributed by atoms with Gasteiger partial charge in [-0.1, -0.05) is 96.5 Å². The minimum Gasteiger partial charge on any atom is -0.396 e. The van der Waals surface area contributed by atoms with E-state index in [4.69, 9.17) is 5.11 Å². The zero-order chi connectivity index (χ0) is 18.6. The molecule has 0 aliphatic heterocycles. The van der Waals surface area contributed by atoms with Crippen LogP contribution < -0.4 is 5.32 Å². The predicted molar refractivity (Wildman–Crippen MR) is 109 cm³/mol. The fourth-order valence-electron chi connectivity index (χ4n) is 3.06. The smallest absolute Gasteiger partial charge is 0.246 e. The molecule has 0 unspecified atom stereocenters. The minimum atomic E-state index is -0.0123. The standard InChI is InChI=1S/C22H43NO2/c1-21(2)22(25)23-19-17-15-13-11-9-7-5-3-4-6-8-10-12-14-16-18-20-24/h24H,1,3-20H2,2H3,(H,23,25). The van der Waals surface area contributed by atoms with Gasteiger partial charge >= 0.3 is 0 Å². The zero-order valence-corrected chi connectivity index (χ0v) is 16.8. The highest BCUT2D eigenvalue weighted by Gasteiger charge is 1.99. The first-order valence-electron chi connectivity index (χ1n) is 10.7. The Morgan fingerprint density at radius 1 is 0.680 bits per heavy atom. The molecule has 0 bridgehead atoms. The maximum absolute atomic E-state index is 11.3. The molecule has 0 aromatic heterocycles. The maximum atomic E-state index is 11.3. The monoisotopic (exact) mass is 353 g/mol. The number of unbranched alkanes of at least 4 members (excludes halogenated alkanes) is 15. The Morgan fingerprint density at radius 3 is 1.32 bits per heavy atom. The summed E-state index contributed by atoms with van der Waals surface area (Å²) in [7, 11) is 0. The van der Waals surface area contributed by atoms with Gasteiger partial charge in [0.1, 0.15) is 0 Å². The fourth-order valence-corrected chi connectivity index (χ4v) is 3.06. The van der Waals surface area contributed by atoms with Crippen LogP contribution in [0.5, 0.6) is 0 Å². The van der Waals surface area contributed by atoms with Gasteiger partial charge in [-0.3, -0.25) is 4.79 Å². The number of aliphatic hydroxyl groups is 1. The molecule has 2 N–H and O–H groups in total. The summed E-state index contributed by atoms with van der Waals surface area (Å²) >= 11 is 0. The van der Waals surface area contributed by atoms with Crippen LogP contribution in [0.15, 0.2) is 12.2 Å². The van der Waals surface area contributed by atoms with E-state index >= 15 is 0 Å². The first-order valence-corrected chi connectivity index (χ1v) is 10.7. The summed E-state index contributed by atoms with van der Waals surface area (Å²) in [6.07, 6.45) is 20.8. The Bertz CT molecular complexity index is 315. The first kappa shape index (κ1) is 24.2. The van der Waals surface area contributed by atoms with Crippen molar-refractivity contribution in [2.24, 2.45) is 0 Å². The van der Waals surface area contributed by atoms with Crippen LogP contribution in [0.4, 0.5) is 0 Å². The van der Waals surface area contributed by atoms with E-state index in [0.717, 1.165) is 19.4 Å². The third-order valence-corrected chi connectivity index (χ3v) is 4.76. The molecule has 25 heavy (non-hydrogen) atoms. The molecule has 0 spiro atoms. The van der Waals surface area contributed by atoms with Gasteiger partial charge in [-0.2, -0.15) is 0 Å². The van der Waals surface area contributed by atoms with Crippen molar-refractivity contribution in [2.75, 3.05) is 13.2 Å². The molecule has 0 atom stereocenters. The SMILES string of the molecule is C=C(C)C(=O)NCCCCCCCCCCCCCCCCCCO. The lowest BCUT2D eigenvalue weighted by Crippen LogP contribution is -2.24. The average molecular weight is 354 g/mol. The molecule has 0 aromatic carbocycles. The molecule has 3 heteroatoms. The predicted octanol–water partition coefficient (Wildman–Crippen LogP) is 5.91. The number of hydrogen-bond donors (Lipinski definition) is 2. The number of rotatable bonds is 19. The number of hydrogen-bond acceptors (Lipinski definition) is 2. The van der Waals surface area contributed by atoms with Gasteiger partial charge in [0.2, 0.25) is 5.91 Å². The summed E-state index contributed by atoms with van der Waals surface area (Å²) in [5.74, 6) is -0.0123. The van der Waals surface area contributed by atoms with Crippen LogP contribution in [0.25, 0.3) is 0 Å². The van der Waals surface area contributed by atoms with Gasteiger partial charge in [-0.25, -0.2) is 0 Å². The molecule has 0 radical (unpaired) electrons. The van der Waals surface area contributed by atoms with Crippen LogP contribution >= 0.6 is 0 Å². The molecule has 148 valence electrons. The van der Waals surface area contributed by atoms with Crippen molar-refractivity contribution >= 4 is 5.91 Å². The molecule has 0 fully saturated rings. The third kappa shape index (κ3) is 19.3. The second kappa shape index (κ2) is 19.5. The van der Waals surface area contributed by atoms with Crippen molar-refractivity contribution in [3.05, 3.63) is 12.2 Å². The van der Waals surface area contributed by atoms with Gasteiger partial charge in [0.15, 0.2) is 0 Å². The summed E-state index contributed by atoms with van der Waals surface area (Å²) in [4.78, 5) is 11.3. The van der Waals surface area contributed by atoms with Crippen molar-refractivity contribution in [3.63, 3.8) is 0 Å². The Hall–Kier alpha value is -0.830. The van der Waals surface area contributed by atoms with E-state index in [0.29, 0.717) is 12.2 Å². The molecular weight excluding hydrogens is 310 g/mol. The van der Waals surface area contributed by atoms with Crippen LogP contribution in [0.3, 0.4) is 0 Å². The number of aliphatic hydroxyl groups excluding tert-OH is 1. The summed E-state index contributed by atoms with van der Waals surface area (Å²) in [6, 6.07) is 0. The fraction of sp³-hybridized carbons (Fsp3) is 0.864. The van der Waals surface area contributed by atoms with Gasteiger partial charge < -0.3 is 10.4 Å². The zero-order valence-electron chi connectivity index (χ0n) is 16.8. The van der Waals surface area contributed by atoms with Gasteiger partial charge in [-0.15, -0.1) is 0 Å². The third-order valence-electron chi connectivity index (χ3n) is 4.76. The lowest BCUT2D eigenvalue weighted by molar-refractivity contribution is -0.117. The van der Waals surface area contributed by atoms with E-state index in [1.165, 1.54) is 89.9 Å². The molecule has 0 heterocycles. The molecule has 0 saturated carbocycles. The molecule has 0 saturated heterocycles. The van der Waals surface area contributed by atoms with E-state index in [1.807, 2.05) is 0 Å². The van der Waals surface area contributed by atoms with Crippen molar-refractivity contribution in [1.29, 1.82) is 0 Å². The van der Waals surface area contributed by atoms with Gasteiger partial charge in [-0.05, 0) is 19.8 Å². The number of carbonyl (C=O) groups is 1. The topological polar surface area (TPSA) is 49.3 Å². The van der Waals surface area contributed by atoms with Crippen molar-refractivity contribution in [2.45, 2.75) is 110 Å². The number of carbonyl (C=O) groups excluding carboxylic acids is 1. The van der Waals surface area contributed by atoms with Crippen LogP contribution in [0.1, 0.15) is 110 Å². The van der Waals surface area contributed by atoms with Crippen LogP contribution in [-0.4, -0.2) is 24.2 Å². The van der Waals surface area contributed by atoms with E-state index in [1.54, 1.807) is 6.92 Å². The Kier molecular flexibility index (Phi) is 18.8. The van der Waals surface area contributed by atoms with Crippen LogP contribution in [0, 0.1) is 0 Å². The highest BCUT2D eigenvalue weighted by molar-refractivity contribution is 5.91. The highest BCUT2D eigenvalue weighted by Crippen LogP contribution is 2.13. The molecular formula is C22H43NO2. The average Bonchev–Trinajstić information content (AvgIpc) is 2.60. The lowest BCUT2D eigenvalue weighted by Gasteiger charge is -2.05. The van der Waals surface area contributed by atoms with E-state index in [2.05, 4.69) is 11.9 Å². The second-order valence-corrected chi connectivity index (χ2v) is 7.42. The van der Waals surface area contributed by atoms with E-state index in [9.17, 15) is 4.79 Å². The van der Waals surface area contributed by atoms with Crippen LogP contribution in [0.2, 0.25) is 0 Å². The lowest BCUT2D eigenvalue weighted by atomic mass is 10.0. The molecule has 3 nitrogen and oxygen atoms in total. The highest BCUT2D eigenvalue weighted by atomic mass is 16.2. The van der Waals surface area contributed by atoms with Gasteiger partial charge in [0.05, 0.1) is 0 Å². The summed E-state index contributed by atoms with van der Waals surface area (Å²) in [5, 5.41) is 11.6. The summed E-state index contributed by atoms with van der Waals surface area (Å²) in [5.41, 5.74) is 0.595. The molecule has 0 aliphatic rings.